The summed E-state index contributed by atoms with van der Waals surface area (Å²) in [5, 5.41) is 11.3. The topological polar surface area (TPSA) is 78.9 Å². The van der Waals surface area contributed by atoms with Crippen LogP contribution in [0.1, 0.15) is 12.0 Å². The largest absolute Gasteiger partial charge is 0.481 e. The van der Waals surface area contributed by atoms with Crippen LogP contribution in [0, 0.1) is 6.92 Å². The predicted octanol–water partition coefficient (Wildman–Crippen LogP) is 1.63. The van der Waals surface area contributed by atoms with Crippen molar-refractivity contribution in [3.05, 3.63) is 29.8 Å². The van der Waals surface area contributed by atoms with Crippen LogP contribution in [0.25, 0.3) is 0 Å². The van der Waals surface area contributed by atoms with E-state index in [-0.39, 0.29) is 19.0 Å². The fourth-order valence-electron chi connectivity index (χ4n) is 1.64. The average Bonchev–Trinajstić information content (AvgIpc) is 2.42. The van der Waals surface area contributed by atoms with Crippen LogP contribution in [0.15, 0.2) is 24.3 Å². The molecule has 2 amide bonds. The first-order valence-electron chi connectivity index (χ1n) is 6.27. The van der Waals surface area contributed by atoms with E-state index in [4.69, 9.17) is 9.84 Å². The number of urea groups is 1. The normalized spacial score (nSPS) is 11.8. The zero-order chi connectivity index (χ0) is 15.1. The van der Waals surface area contributed by atoms with Crippen LogP contribution < -0.4 is 10.2 Å². The SMILES string of the molecule is COC(CNC(=O)N(C)c1ccc(C)cc1)CC(=O)O. The Labute approximate surface area is 118 Å². The number of carbonyl (C=O) groups is 2. The second kappa shape index (κ2) is 7.49. The summed E-state index contributed by atoms with van der Waals surface area (Å²) in [5.74, 6) is -0.960. The molecule has 6 heteroatoms. The highest BCUT2D eigenvalue weighted by Gasteiger charge is 2.16. The zero-order valence-electron chi connectivity index (χ0n) is 11.9. The number of rotatable bonds is 6. The lowest BCUT2D eigenvalue weighted by molar-refractivity contribution is -0.139. The van der Waals surface area contributed by atoms with Gasteiger partial charge in [0.2, 0.25) is 0 Å². The summed E-state index contributed by atoms with van der Waals surface area (Å²) in [5.41, 5.74) is 1.88. The van der Waals surface area contributed by atoms with E-state index < -0.39 is 12.1 Å². The molecule has 110 valence electrons. The van der Waals surface area contributed by atoms with Gasteiger partial charge in [0.05, 0.1) is 12.5 Å². The number of nitrogens with zero attached hydrogens (tertiary/aromatic N) is 1. The molecule has 2 N–H and O–H groups in total. The molecule has 1 rings (SSSR count). The second-order valence-corrected chi connectivity index (χ2v) is 4.54. The van der Waals surface area contributed by atoms with Crippen molar-refractivity contribution in [2.24, 2.45) is 0 Å². The van der Waals surface area contributed by atoms with Crippen LogP contribution in [0.4, 0.5) is 10.5 Å². The monoisotopic (exact) mass is 280 g/mol. The number of hydrogen-bond donors (Lipinski definition) is 2. The van der Waals surface area contributed by atoms with Gasteiger partial charge in [-0.15, -0.1) is 0 Å². The van der Waals surface area contributed by atoms with Crippen LogP contribution in [-0.4, -0.2) is 43.9 Å². The fraction of sp³-hybridized carbons (Fsp3) is 0.429. The van der Waals surface area contributed by atoms with E-state index in [0.717, 1.165) is 11.3 Å². The Kier molecular flexibility index (Phi) is 5.99. The molecule has 1 aromatic rings. The fourth-order valence-corrected chi connectivity index (χ4v) is 1.64. The Balaban J connectivity index is 2.53. The summed E-state index contributed by atoms with van der Waals surface area (Å²) in [6.07, 6.45) is -0.687. The number of carbonyl (C=O) groups excluding carboxylic acids is 1. The quantitative estimate of drug-likeness (QED) is 0.830. The summed E-state index contributed by atoms with van der Waals surface area (Å²) in [6.45, 7) is 2.12. The molecule has 0 saturated carbocycles. The molecule has 1 unspecified atom stereocenters. The predicted molar refractivity (Wildman–Crippen MR) is 76.0 cm³/mol. The molecule has 0 radical (unpaired) electrons. The van der Waals surface area contributed by atoms with Gasteiger partial charge in [0, 0.05) is 26.4 Å². The minimum Gasteiger partial charge on any atom is -0.481 e. The molecule has 0 saturated heterocycles. The Hall–Kier alpha value is -2.08. The number of benzene rings is 1. The Morgan fingerprint density at radius 2 is 1.95 bits per heavy atom. The van der Waals surface area contributed by atoms with Crippen LogP contribution >= 0.6 is 0 Å². The maximum Gasteiger partial charge on any atom is 0.321 e. The van der Waals surface area contributed by atoms with Crippen molar-refractivity contribution >= 4 is 17.7 Å². The molecule has 0 aliphatic rings. The van der Waals surface area contributed by atoms with Gasteiger partial charge in [-0.1, -0.05) is 17.7 Å². The van der Waals surface area contributed by atoms with Crippen LogP contribution in [0.2, 0.25) is 0 Å². The summed E-state index contributed by atoms with van der Waals surface area (Å²) < 4.78 is 5.00. The highest BCUT2D eigenvalue weighted by molar-refractivity contribution is 5.91. The van der Waals surface area contributed by atoms with Crippen LogP contribution in [0.3, 0.4) is 0 Å². The Morgan fingerprint density at radius 3 is 2.45 bits per heavy atom. The van der Waals surface area contributed by atoms with Gasteiger partial charge in [-0.3, -0.25) is 9.69 Å². The highest BCUT2D eigenvalue weighted by Crippen LogP contribution is 2.13. The van der Waals surface area contributed by atoms with E-state index in [9.17, 15) is 9.59 Å². The molecule has 0 fully saturated rings. The van der Waals surface area contributed by atoms with Crippen molar-refractivity contribution < 1.29 is 19.4 Å². The molecule has 0 heterocycles. The maximum absolute atomic E-state index is 11.9. The van der Waals surface area contributed by atoms with Gasteiger partial charge >= 0.3 is 12.0 Å². The number of hydrogen-bond acceptors (Lipinski definition) is 3. The molecular weight excluding hydrogens is 260 g/mol. The number of carboxylic acids is 1. The number of aryl methyl sites for hydroxylation is 1. The zero-order valence-corrected chi connectivity index (χ0v) is 11.9. The lowest BCUT2D eigenvalue weighted by atomic mass is 10.2. The summed E-state index contributed by atoms with van der Waals surface area (Å²) in [4.78, 5) is 24.0. The molecule has 0 spiro atoms. The summed E-state index contributed by atoms with van der Waals surface area (Å²) in [7, 11) is 3.07. The van der Waals surface area contributed by atoms with Gasteiger partial charge in [-0.25, -0.2) is 4.79 Å². The van der Waals surface area contributed by atoms with E-state index in [1.54, 1.807) is 7.05 Å². The Morgan fingerprint density at radius 1 is 1.35 bits per heavy atom. The summed E-state index contributed by atoms with van der Waals surface area (Å²) in [6, 6.07) is 7.23. The van der Waals surface area contributed by atoms with Gasteiger partial charge in [0.25, 0.3) is 0 Å². The van der Waals surface area contributed by atoms with E-state index in [1.165, 1.54) is 12.0 Å². The summed E-state index contributed by atoms with van der Waals surface area (Å²) >= 11 is 0. The van der Waals surface area contributed by atoms with Crippen LogP contribution in [0.5, 0.6) is 0 Å². The van der Waals surface area contributed by atoms with E-state index in [1.807, 2.05) is 31.2 Å². The van der Waals surface area contributed by atoms with E-state index >= 15 is 0 Å². The molecule has 0 aliphatic heterocycles. The minimum absolute atomic E-state index is 0.148. The molecule has 6 nitrogen and oxygen atoms in total. The van der Waals surface area contributed by atoms with Gasteiger partial charge in [-0.2, -0.15) is 0 Å². The highest BCUT2D eigenvalue weighted by atomic mass is 16.5. The second-order valence-electron chi connectivity index (χ2n) is 4.54. The minimum atomic E-state index is -0.960. The third-order valence-corrected chi connectivity index (χ3v) is 2.94. The van der Waals surface area contributed by atoms with Crippen molar-refractivity contribution in [2.75, 3.05) is 25.6 Å². The van der Waals surface area contributed by atoms with Crippen molar-refractivity contribution in [3.8, 4) is 0 Å². The first-order chi connectivity index (χ1) is 9.43. The Bertz CT molecular complexity index is 459. The average molecular weight is 280 g/mol. The van der Waals surface area contributed by atoms with Crippen molar-refractivity contribution in [3.63, 3.8) is 0 Å². The lowest BCUT2D eigenvalue weighted by Gasteiger charge is -2.20. The van der Waals surface area contributed by atoms with Crippen LogP contribution in [-0.2, 0) is 9.53 Å². The lowest BCUT2D eigenvalue weighted by Crippen LogP contribution is -2.42. The third-order valence-electron chi connectivity index (χ3n) is 2.94. The van der Waals surface area contributed by atoms with Gasteiger partial charge < -0.3 is 15.2 Å². The number of amides is 2. The number of methoxy groups -OCH3 is 1. The standard InChI is InChI=1S/C14H20N2O4/c1-10-4-6-11(7-5-10)16(2)14(19)15-9-12(20-3)8-13(17)18/h4-7,12H,8-9H2,1-3H3,(H,15,19)(H,17,18). The van der Waals surface area contributed by atoms with E-state index in [2.05, 4.69) is 5.32 Å². The van der Waals surface area contributed by atoms with Crippen molar-refractivity contribution in [1.82, 2.24) is 5.32 Å². The number of aliphatic carboxylic acids is 1. The molecule has 1 atom stereocenters. The molecular formula is C14H20N2O4. The molecule has 1 aromatic carbocycles. The third kappa shape index (κ3) is 4.89. The molecule has 0 aromatic heterocycles. The molecule has 20 heavy (non-hydrogen) atoms. The maximum atomic E-state index is 11.9. The number of anilines is 1. The smallest absolute Gasteiger partial charge is 0.321 e. The van der Waals surface area contributed by atoms with Gasteiger partial charge in [-0.05, 0) is 19.1 Å². The number of nitrogens with one attached hydrogen (secondary N) is 1. The van der Waals surface area contributed by atoms with Crippen molar-refractivity contribution in [2.45, 2.75) is 19.4 Å². The van der Waals surface area contributed by atoms with Gasteiger partial charge in [0.15, 0.2) is 0 Å². The van der Waals surface area contributed by atoms with Crippen molar-refractivity contribution in [1.29, 1.82) is 0 Å². The molecule has 0 aliphatic carbocycles. The van der Waals surface area contributed by atoms with E-state index in [0.29, 0.717) is 0 Å². The first kappa shape index (κ1) is 16.0. The van der Waals surface area contributed by atoms with Gasteiger partial charge in [0.1, 0.15) is 0 Å². The number of carboxylic acid groups (broad SMARTS) is 1. The molecule has 0 bridgehead atoms. The number of ether oxygens (including phenoxy) is 1. The first-order valence-corrected chi connectivity index (χ1v) is 6.27.